The number of nitrogen functional groups attached to an aromatic ring is 1. The van der Waals surface area contributed by atoms with E-state index in [-0.39, 0.29) is 28.0 Å². The Morgan fingerprint density at radius 3 is 2.76 bits per heavy atom. The number of ether oxygens (including phenoxy) is 1. The van der Waals surface area contributed by atoms with Gasteiger partial charge in [-0.15, -0.1) is 0 Å². The summed E-state index contributed by atoms with van der Waals surface area (Å²) in [5.41, 5.74) is 6.68. The molecule has 0 spiro atoms. The molecule has 134 valence electrons. The molecule has 1 aliphatic rings. The van der Waals surface area contributed by atoms with Crippen molar-refractivity contribution in [2.45, 2.75) is 19.4 Å². The first-order valence-corrected chi connectivity index (χ1v) is 8.41. The zero-order chi connectivity index (χ0) is 18.2. The van der Waals surface area contributed by atoms with Gasteiger partial charge < -0.3 is 20.3 Å². The Balaban J connectivity index is 1.80. The topological polar surface area (TPSA) is 87.5 Å². The van der Waals surface area contributed by atoms with Gasteiger partial charge in [-0.05, 0) is 26.0 Å². The molecule has 7 nitrogen and oxygen atoms in total. The molecule has 0 bridgehead atoms. The van der Waals surface area contributed by atoms with E-state index in [1.54, 1.807) is 12.0 Å². The molecular formula is C17H22ClN5O2. The highest BCUT2D eigenvalue weighted by Crippen LogP contribution is 2.31. The van der Waals surface area contributed by atoms with Crippen molar-refractivity contribution in [1.29, 1.82) is 0 Å². The maximum absolute atomic E-state index is 12.7. The van der Waals surface area contributed by atoms with Crippen LogP contribution in [-0.4, -0.2) is 53.3 Å². The van der Waals surface area contributed by atoms with Crippen molar-refractivity contribution in [2.24, 2.45) is 0 Å². The lowest BCUT2D eigenvalue weighted by atomic mass is 9.97. The number of anilines is 2. The van der Waals surface area contributed by atoms with E-state index < -0.39 is 0 Å². The van der Waals surface area contributed by atoms with Crippen LogP contribution < -0.4 is 15.4 Å². The third-order valence-electron chi connectivity index (χ3n) is 4.50. The van der Waals surface area contributed by atoms with Crippen molar-refractivity contribution in [3.05, 3.63) is 35.0 Å². The number of amides is 1. The summed E-state index contributed by atoms with van der Waals surface area (Å²) in [4.78, 5) is 16.8. The molecular weight excluding hydrogens is 342 g/mol. The summed E-state index contributed by atoms with van der Waals surface area (Å²) in [5.74, 6) is 0.762. The van der Waals surface area contributed by atoms with Crippen molar-refractivity contribution in [1.82, 2.24) is 15.1 Å². The van der Waals surface area contributed by atoms with Crippen molar-refractivity contribution in [3.8, 4) is 5.75 Å². The van der Waals surface area contributed by atoms with Crippen LogP contribution in [0.15, 0.2) is 24.3 Å². The van der Waals surface area contributed by atoms with Gasteiger partial charge in [-0.1, -0.05) is 17.7 Å². The second kappa shape index (κ2) is 6.48. The van der Waals surface area contributed by atoms with Crippen LogP contribution in [-0.2, 0) is 0 Å². The zero-order valence-corrected chi connectivity index (χ0v) is 15.3. The number of hydrogen-bond donors (Lipinski definition) is 2. The number of benzene rings is 1. The number of carbonyl (C=O) groups excluding carboxylic acids is 1. The third-order valence-corrected chi connectivity index (χ3v) is 4.88. The predicted molar refractivity (Wildman–Crippen MR) is 98.3 cm³/mol. The summed E-state index contributed by atoms with van der Waals surface area (Å²) in [6.07, 6.45) is 0. The summed E-state index contributed by atoms with van der Waals surface area (Å²) in [6.45, 7) is 6.05. The lowest BCUT2D eigenvalue weighted by Gasteiger charge is -2.48. The number of rotatable bonds is 3. The average molecular weight is 364 g/mol. The molecule has 1 aromatic carbocycles. The van der Waals surface area contributed by atoms with Gasteiger partial charge in [-0.2, -0.15) is 5.10 Å². The number of H-pyrrole nitrogens is 1. The zero-order valence-electron chi connectivity index (χ0n) is 14.5. The van der Waals surface area contributed by atoms with Crippen LogP contribution in [0.2, 0.25) is 5.02 Å². The van der Waals surface area contributed by atoms with Crippen molar-refractivity contribution in [3.63, 3.8) is 0 Å². The Kier molecular flexibility index (Phi) is 4.51. The SMILES string of the molecule is COc1cccc(N2CCN(C(=O)c3[nH]nc(N)c3Cl)CC2(C)C)c1. The van der Waals surface area contributed by atoms with E-state index in [9.17, 15) is 4.79 Å². The molecule has 8 heteroatoms. The van der Waals surface area contributed by atoms with Gasteiger partial charge in [0.15, 0.2) is 5.82 Å². The molecule has 2 aromatic rings. The van der Waals surface area contributed by atoms with Crippen LogP contribution in [0.5, 0.6) is 5.75 Å². The van der Waals surface area contributed by atoms with E-state index in [2.05, 4.69) is 28.9 Å². The highest BCUT2D eigenvalue weighted by molar-refractivity contribution is 6.35. The molecule has 1 fully saturated rings. The Hall–Kier alpha value is -2.41. The second-order valence-corrected chi connectivity index (χ2v) is 7.07. The number of methoxy groups -OCH3 is 1. The Morgan fingerprint density at radius 1 is 1.40 bits per heavy atom. The van der Waals surface area contributed by atoms with E-state index in [0.29, 0.717) is 19.6 Å². The second-order valence-electron chi connectivity index (χ2n) is 6.69. The van der Waals surface area contributed by atoms with Crippen LogP contribution in [0.3, 0.4) is 0 Å². The Labute approximate surface area is 151 Å². The van der Waals surface area contributed by atoms with E-state index >= 15 is 0 Å². The normalized spacial score (nSPS) is 16.8. The molecule has 1 aliphatic heterocycles. The van der Waals surface area contributed by atoms with Crippen LogP contribution in [0.4, 0.5) is 11.5 Å². The number of hydrogen-bond acceptors (Lipinski definition) is 5. The van der Waals surface area contributed by atoms with Crippen LogP contribution in [0.1, 0.15) is 24.3 Å². The summed E-state index contributed by atoms with van der Waals surface area (Å²) >= 11 is 6.06. The van der Waals surface area contributed by atoms with Gasteiger partial charge in [0, 0.05) is 31.4 Å². The maximum atomic E-state index is 12.7. The van der Waals surface area contributed by atoms with Gasteiger partial charge in [0.05, 0.1) is 12.6 Å². The fourth-order valence-corrected chi connectivity index (χ4v) is 3.39. The molecule has 1 aromatic heterocycles. The molecule has 0 saturated carbocycles. The number of halogens is 1. The lowest BCUT2D eigenvalue weighted by Crippen LogP contribution is -2.60. The lowest BCUT2D eigenvalue weighted by molar-refractivity contribution is 0.0680. The first-order chi connectivity index (χ1) is 11.8. The van der Waals surface area contributed by atoms with E-state index in [1.165, 1.54) is 0 Å². The summed E-state index contributed by atoms with van der Waals surface area (Å²) < 4.78 is 5.32. The third kappa shape index (κ3) is 3.24. The number of nitrogens with two attached hydrogens (primary N) is 1. The van der Waals surface area contributed by atoms with Gasteiger partial charge in [-0.25, -0.2) is 0 Å². The summed E-state index contributed by atoms with van der Waals surface area (Å²) in [6, 6.07) is 7.94. The first-order valence-electron chi connectivity index (χ1n) is 8.04. The number of carbonyl (C=O) groups is 1. The minimum absolute atomic E-state index is 0.138. The largest absolute Gasteiger partial charge is 0.497 e. The number of aromatic nitrogens is 2. The fourth-order valence-electron chi connectivity index (χ4n) is 3.23. The quantitative estimate of drug-likeness (QED) is 0.874. The average Bonchev–Trinajstić information content (AvgIpc) is 2.92. The highest BCUT2D eigenvalue weighted by atomic mass is 35.5. The molecule has 0 aliphatic carbocycles. The molecule has 0 unspecified atom stereocenters. The summed E-state index contributed by atoms with van der Waals surface area (Å²) in [7, 11) is 1.65. The van der Waals surface area contributed by atoms with E-state index in [4.69, 9.17) is 22.1 Å². The Morgan fingerprint density at radius 2 is 2.16 bits per heavy atom. The molecule has 1 amide bonds. The maximum Gasteiger partial charge on any atom is 0.273 e. The monoisotopic (exact) mass is 363 g/mol. The smallest absolute Gasteiger partial charge is 0.273 e. The van der Waals surface area contributed by atoms with Crippen molar-refractivity contribution >= 4 is 29.0 Å². The molecule has 0 atom stereocenters. The van der Waals surface area contributed by atoms with Crippen LogP contribution in [0, 0.1) is 0 Å². The van der Waals surface area contributed by atoms with Crippen LogP contribution >= 0.6 is 11.6 Å². The molecule has 2 heterocycles. The number of piperazine rings is 1. The molecule has 25 heavy (non-hydrogen) atoms. The van der Waals surface area contributed by atoms with Gasteiger partial charge in [-0.3, -0.25) is 9.89 Å². The minimum atomic E-state index is -0.252. The summed E-state index contributed by atoms with van der Waals surface area (Å²) in [5, 5.41) is 6.61. The minimum Gasteiger partial charge on any atom is -0.497 e. The first kappa shape index (κ1) is 17.4. The van der Waals surface area contributed by atoms with E-state index in [1.807, 2.05) is 24.3 Å². The van der Waals surface area contributed by atoms with Gasteiger partial charge in [0.1, 0.15) is 16.5 Å². The highest BCUT2D eigenvalue weighted by Gasteiger charge is 2.37. The molecule has 3 rings (SSSR count). The van der Waals surface area contributed by atoms with Gasteiger partial charge >= 0.3 is 0 Å². The number of nitrogens with zero attached hydrogens (tertiary/aromatic N) is 3. The number of aromatic amines is 1. The molecule has 3 N–H and O–H groups in total. The van der Waals surface area contributed by atoms with E-state index in [0.717, 1.165) is 11.4 Å². The standard InChI is InChI=1S/C17H22ClN5O2/c1-17(2)10-22(16(24)14-13(18)15(19)21-20-14)7-8-23(17)11-5-4-6-12(9-11)25-3/h4-6,9H,7-8,10H2,1-3H3,(H3,19,20,21). The van der Waals surface area contributed by atoms with Crippen molar-refractivity contribution in [2.75, 3.05) is 37.4 Å². The molecule has 1 saturated heterocycles. The van der Waals surface area contributed by atoms with Crippen molar-refractivity contribution < 1.29 is 9.53 Å². The Bertz CT molecular complexity index is 789. The number of nitrogens with one attached hydrogen (secondary N) is 1. The van der Waals surface area contributed by atoms with Gasteiger partial charge in [0.2, 0.25) is 0 Å². The fraction of sp³-hybridized carbons (Fsp3) is 0.412. The predicted octanol–water partition coefficient (Wildman–Crippen LogP) is 2.39. The van der Waals surface area contributed by atoms with Crippen LogP contribution in [0.25, 0.3) is 0 Å². The van der Waals surface area contributed by atoms with Gasteiger partial charge in [0.25, 0.3) is 5.91 Å². The molecule has 0 radical (unpaired) electrons.